The summed E-state index contributed by atoms with van der Waals surface area (Å²) in [5.74, 6) is -2.61. The van der Waals surface area contributed by atoms with Gasteiger partial charge < -0.3 is 14.2 Å². The molecule has 0 spiro atoms. The lowest BCUT2D eigenvalue weighted by Gasteiger charge is -2.52. The average molecular weight is 270 g/mol. The first-order chi connectivity index (χ1) is 8.27. The summed E-state index contributed by atoms with van der Waals surface area (Å²) in [6, 6.07) is 0. The SMILES string of the molecule is CCOC1(OCC)CC(C(=O)OC)(C(F)(F)F)C1. The van der Waals surface area contributed by atoms with Gasteiger partial charge in [-0.05, 0) is 13.8 Å². The van der Waals surface area contributed by atoms with Crippen LogP contribution in [0.1, 0.15) is 26.7 Å². The number of esters is 1. The predicted octanol–water partition coefficient (Wildman–Crippen LogP) is 2.27. The molecule has 18 heavy (non-hydrogen) atoms. The molecule has 0 aromatic rings. The molecule has 1 fully saturated rings. The fraction of sp³-hybridized carbons (Fsp3) is 0.909. The van der Waals surface area contributed by atoms with Gasteiger partial charge in [0.15, 0.2) is 11.2 Å². The Hall–Kier alpha value is -0.820. The quantitative estimate of drug-likeness (QED) is 0.568. The van der Waals surface area contributed by atoms with Gasteiger partial charge in [0, 0.05) is 26.1 Å². The molecule has 4 nitrogen and oxygen atoms in total. The Morgan fingerprint density at radius 1 is 1.17 bits per heavy atom. The molecule has 0 radical (unpaired) electrons. The van der Waals surface area contributed by atoms with Gasteiger partial charge in [-0.3, -0.25) is 4.79 Å². The van der Waals surface area contributed by atoms with Crippen molar-refractivity contribution < 1.29 is 32.2 Å². The summed E-state index contributed by atoms with van der Waals surface area (Å²) in [4.78, 5) is 11.4. The Bertz CT molecular complexity index is 300. The summed E-state index contributed by atoms with van der Waals surface area (Å²) in [5, 5.41) is 0. The zero-order chi connectivity index (χ0) is 14.0. The number of methoxy groups -OCH3 is 1. The zero-order valence-corrected chi connectivity index (χ0v) is 10.6. The summed E-state index contributed by atoms with van der Waals surface area (Å²) in [6.45, 7) is 3.75. The van der Waals surface area contributed by atoms with Gasteiger partial charge in [0.05, 0.1) is 7.11 Å². The molecule has 1 aliphatic rings. The van der Waals surface area contributed by atoms with E-state index in [-0.39, 0.29) is 13.2 Å². The lowest BCUT2D eigenvalue weighted by molar-refractivity contribution is -0.367. The van der Waals surface area contributed by atoms with Gasteiger partial charge in [-0.25, -0.2) is 0 Å². The molecule has 1 aliphatic carbocycles. The maximum atomic E-state index is 13.0. The summed E-state index contributed by atoms with van der Waals surface area (Å²) >= 11 is 0. The second-order valence-electron chi connectivity index (χ2n) is 4.20. The fourth-order valence-corrected chi connectivity index (χ4v) is 2.30. The van der Waals surface area contributed by atoms with Crippen molar-refractivity contribution in [2.75, 3.05) is 20.3 Å². The number of rotatable bonds is 5. The molecule has 0 unspecified atom stereocenters. The van der Waals surface area contributed by atoms with Crippen molar-refractivity contribution in [2.24, 2.45) is 5.41 Å². The third kappa shape index (κ3) is 2.33. The summed E-state index contributed by atoms with van der Waals surface area (Å²) in [5.41, 5.74) is -2.51. The van der Waals surface area contributed by atoms with Crippen molar-refractivity contribution >= 4 is 5.97 Å². The van der Waals surface area contributed by atoms with E-state index in [4.69, 9.17) is 9.47 Å². The second-order valence-corrected chi connectivity index (χ2v) is 4.20. The van der Waals surface area contributed by atoms with Crippen LogP contribution < -0.4 is 0 Å². The van der Waals surface area contributed by atoms with Crippen LogP contribution in [0.5, 0.6) is 0 Å². The first kappa shape index (κ1) is 15.2. The third-order valence-corrected chi connectivity index (χ3v) is 3.08. The van der Waals surface area contributed by atoms with Gasteiger partial charge in [-0.1, -0.05) is 0 Å². The number of halogens is 3. The van der Waals surface area contributed by atoms with Crippen molar-refractivity contribution in [3.8, 4) is 0 Å². The summed E-state index contributed by atoms with van der Waals surface area (Å²) in [6.07, 6.45) is -5.78. The Morgan fingerprint density at radius 2 is 1.61 bits per heavy atom. The molecule has 0 aromatic heterocycles. The minimum Gasteiger partial charge on any atom is -0.468 e. The topological polar surface area (TPSA) is 44.8 Å². The standard InChI is InChI=1S/C11H17F3O4/c1-4-17-10(18-5-2)6-9(7-10,8(15)16-3)11(12,13)14/h4-7H2,1-3H3. The minimum absolute atomic E-state index is 0.217. The van der Waals surface area contributed by atoms with E-state index in [1.807, 2.05) is 0 Å². The van der Waals surface area contributed by atoms with Crippen LogP contribution in [0.3, 0.4) is 0 Å². The number of carbonyl (C=O) groups excluding carboxylic acids is 1. The molecule has 1 saturated carbocycles. The maximum absolute atomic E-state index is 13.0. The highest BCUT2D eigenvalue weighted by Crippen LogP contribution is 2.60. The van der Waals surface area contributed by atoms with Crippen molar-refractivity contribution in [1.82, 2.24) is 0 Å². The van der Waals surface area contributed by atoms with Gasteiger partial charge in [0.25, 0.3) is 0 Å². The third-order valence-electron chi connectivity index (χ3n) is 3.08. The van der Waals surface area contributed by atoms with Crippen LogP contribution >= 0.6 is 0 Å². The van der Waals surface area contributed by atoms with Crippen LogP contribution in [0, 0.1) is 5.41 Å². The average Bonchev–Trinajstić information content (AvgIpc) is 2.22. The summed E-state index contributed by atoms with van der Waals surface area (Å²) in [7, 11) is 0.942. The second kappa shape index (κ2) is 5.05. The molecule has 0 aromatic carbocycles. The molecule has 0 aliphatic heterocycles. The normalized spacial score (nSPS) is 21.2. The Kier molecular flexibility index (Phi) is 4.27. The van der Waals surface area contributed by atoms with E-state index in [0.717, 1.165) is 7.11 Å². The van der Waals surface area contributed by atoms with E-state index in [1.165, 1.54) is 0 Å². The largest absolute Gasteiger partial charge is 0.468 e. The number of hydrogen-bond donors (Lipinski definition) is 0. The first-order valence-corrected chi connectivity index (χ1v) is 5.70. The van der Waals surface area contributed by atoms with E-state index < -0.39 is 36.2 Å². The van der Waals surface area contributed by atoms with Crippen molar-refractivity contribution in [3.63, 3.8) is 0 Å². The number of ether oxygens (including phenoxy) is 3. The first-order valence-electron chi connectivity index (χ1n) is 5.70. The Balaban J connectivity index is 2.92. The van der Waals surface area contributed by atoms with Gasteiger partial charge in [-0.2, -0.15) is 13.2 Å². The summed E-state index contributed by atoms with van der Waals surface area (Å²) < 4.78 is 53.7. The number of hydrogen-bond acceptors (Lipinski definition) is 4. The fourth-order valence-electron chi connectivity index (χ4n) is 2.30. The molecule has 0 saturated heterocycles. The van der Waals surface area contributed by atoms with E-state index >= 15 is 0 Å². The van der Waals surface area contributed by atoms with Gasteiger partial charge in [0.1, 0.15) is 0 Å². The molecule has 0 N–H and O–H groups in total. The zero-order valence-electron chi connectivity index (χ0n) is 10.6. The molecular weight excluding hydrogens is 253 g/mol. The van der Waals surface area contributed by atoms with E-state index in [0.29, 0.717) is 0 Å². The molecule has 0 bridgehead atoms. The van der Waals surface area contributed by atoms with Gasteiger partial charge in [-0.15, -0.1) is 0 Å². The monoisotopic (exact) mass is 270 g/mol. The molecule has 0 heterocycles. The smallest absolute Gasteiger partial charge is 0.405 e. The van der Waals surface area contributed by atoms with Crippen LogP contribution in [0.2, 0.25) is 0 Å². The van der Waals surface area contributed by atoms with Crippen molar-refractivity contribution in [1.29, 1.82) is 0 Å². The molecule has 0 amide bonds. The molecule has 106 valence electrons. The van der Waals surface area contributed by atoms with Crippen LogP contribution in [0.25, 0.3) is 0 Å². The lowest BCUT2D eigenvalue weighted by Crippen LogP contribution is -2.65. The molecular formula is C11H17F3O4. The number of carbonyl (C=O) groups is 1. The van der Waals surface area contributed by atoms with E-state index in [9.17, 15) is 18.0 Å². The van der Waals surface area contributed by atoms with Crippen molar-refractivity contribution in [2.45, 2.75) is 38.7 Å². The van der Waals surface area contributed by atoms with Crippen LogP contribution in [-0.4, -0.2) is 38.3 Å². The highest BCUT2D eigenvalue weighted by molar-refractivity contribution is 5.79. The van der Waals surface area contributed by atoms with Crippen LogP contribution in [0.4, 0.5) is 13.2 Å². The Morgan fingerprint density at radius 3 is 1.89 bits per heavy atom. The molecule has 0 atom stereocenters. The van der Waals surface area contributed by atoms with E-state index in [2.05, 4.69) is 4.74 Å². The predicted molar refractivity (Wildman–Crippen MR) is 55.7 cm³/mol. The van der Waals surface area contributed by atoms with Crippen molar-refractivity contribution in [3.05, 3.63) is 0 Å². The molecule has 1 rings (SSSR count). The molecule has 7 heteroatoms. The van der Waals surface area contributed by atoms with E-state index in [1.54, 1.807) is 13.8 Å². The Labute approximate surface area is 103 Å². The van der Waals surface area contributed by atoms with Gasteiger partial charge in [0.2, 0.25) is 0 Å². The maximum Gasteiger partial charge on any atom is 0.405 e. The minimum atomic E-state index is -4.67. The van der Waals surface area contributed by atoms with Crippen LogP contribution in [0.15, 0.2) is 0 Å². The van der Waals surface area contributed by atoms with Crippen LogP contribution in [-0.2, 0) is 19.0 Å². The van der Waals surface area contributed by atoms with Gasteiger partial charge >= 0.3 is 12.1 Å². The highest BCUT2D eigenvalue weighted by atomic mass is 19.4. The number of alkyl halides is 3. The lowest BCUT2D eigenvalue weighted by atomic mass is 9.63. The highest BCUT2D eigenvalue weighted by Gasteiger charge is 2.74.